The number of nitrogens with one attached hydrogen (secondary N) is 1. The Labute approximate surface area is 117 Å². The third-order valence-electron chi connectivity index (χ3n) is 3.92. The molecule has 110 valence electrons. The van der Waals surface area contributed by atoms with Crippen LogP contribution < -0.4 is 5.32 Å². The van der Waals surface area contributed by atoms with E-state index in [2.05, 4.69) is 15.3 Å². The highest BCUT2D eigenvalue weighted by Crippen LogP contribution is 2.31. The van der Waals surface area contributed by atoms with Gasteiger partial charge in [-0.3, -0.25) is 0 Å². The van der Waals surface area contributed by atoms with Crippen LogP contribution in [0.5, 0.6) is 0 Å². The number of aliphatic carboxylic acids is 1. The summed E-state index contributed by atoms with van der Waals surface area (Å²) in [5.41, 5.74) is -0.812. The minimum absolute atomic E-state index is 0.00106. The first-order chi connectivity index (χ1) is 9.59. The normalized spacial score (nSPS) is 18.3. The van der Waals surface area contributed by atoms with Crippen molar-refractivity contribution in [3.63, 3.8) is 0 Å². The van der Waals surface area contributed by atoms with E-state index >= 15 is 0 Å². The molecule has 0 atom stereocenters. The maximum Gasteiger partial charge on any atom is 0.329 e. The van der Waals surface area contributed by atoms with E-state index in [0.29, 0.717) is 25.0 Å². The van der Waals surface area contributed by atoms with Crippen molar-refractivity contribution in [2.75, 3.05) is 5.32 Å². The van der Waals surface area contributed by atoms with Crippen LogP contribution in [-0.4, -0.2) is 26.6 Å². The molecule has 5 nitrogen and oxygen atoms in total. The average Bonchev–Trinajstić information content (AvgIpc) is 2.68. The zero-order valence-electron chi connectivity index (χ0n) is 11.7. The number of hydrogen-bond acceptors (Lipinski definition) is 4. The topological polar surface area (TPSA) is 75.1 Å². The molecule has 20 heavy (non-hydrogen) atoms. The Balaban J connectivity index is 2.30. The summed E-state index contributed by atoms with van der Waals surface area (Å²) in [6.07, 6.45) is 6.39. The van der Waals surface area contributed by atoms with Gasteiger partial charge in [0.2, 0.25) is 0 Å². The van der Waals surface area contributed by atoms with Gasteiger partial charge in [-0.15, -0.1) is 0 Å². The summed E-state index contributed by atoms with van der Waals surface area (Å²) in [5, 5.41) is 12.4. The lowest BCUT2D eigenvalue weighted by Gasteiger charge is -2.30. The fourth-order valence-corrected chi connectivity index (χ4v) is 2.69. The Kier molecular flexibility index (Phi) is 4.52. The maximum absolute atomic E-state index is 14.2. The molecular weight excluding hydrogens is 261 g/mol. The molecule has 0 bridgehead atoms. The van der Waals surface area contributed by atoms with Crippen molar-refractivity contribution in [1.29, 1.82) is 0 Å². The number of carboxylic acid groups (broad SMARTS) is 1. The average molecular weight is 281 g/mol. The van der Waals surface area contributed by atoms with Gasteiger partial charge in [0.25, 0.3) is 0 Å². The maximum atomic E-state index is 14.2. The van der Waals surface area contributed by atoms with Gasteiger partial charge in [0.15, 0.2) is 11.6 Å². The Morgan fingerprint density at radius 1 is 1.35 bits per heavy atom. The molecule has 0 amide bonds. The molecule has 1 aliphatic rings. The van der Waals surface area contributed by atoms with Crippen LogP contribution >= 0.6 is 0 Å². The zero-order chi connectivity index (χ0) is 14.6. The van der Waals surface area contributed by atoms with Gasteiger partial charge in [-0.1, -0.05) is 32.6 Å². The van der Waals surface area contributed by atoms with Crippen molar-refractivity contribution in [1.82, 2.24) is 9.97 Å². The fourth-order valence-electron chi connectivity index (χ4n) is 2.69. The zero-order valence-corrected chi connectivity index (χ0v) is 11.7. The van der Waals surface area contributed by atoms with Crippen LogP contribution in [0, 0.1) is 5.82 Å². The molecule has 2 rings (SSSR count). The van der Waals surface area contributed by atoms with Gasteiger partial charge in [0, 0.05) is 0 Å². The SMILES string of the molecule is CCc1ncnc(NC2(C(=O)O)CCCCCC2)c1F. The van der Waals surface area contributed by atoms with Gasteiger partial charge < -0.3 is 10.4 Å². The van der Waals surface area contributed by atoms with Crippen LogP contribution in [0.15, 0.2) is 6.33 Å². The predicted octanol–water partition coefficient (Wildman–Crippen LogP) is 2.77. The van der Waals surface area contributed by atoms with Crippen LogP contribution in [0.25, 0.3) is 0 Å². The van der Waals surface area contributed by atoms with Gasteiger partial charge >= 0.3 is 5.97 Å². The van der Waals surface area contributed by atoms with Gasteiger partial charge in [0.05, 0.1) is 5.69 Å². The third-order valence-corrected chi connectivity index (χ3v) is 3.92. The van der Waals surface area contributed by atoms with E-state index < -0.39 is 17.3 Å². The second kappa shape index (κ2) is 6.15. The van der Waals surface area contributed by atoms with E-state index in [1.807, 2.05) is 0 Å². The molecule has 1 aromatic heterocycles. The van der Waals surface area contributed by atoms with Crippen LogP contribution in [0.3, 0.4) is 0 Å². The molecule has 0 unspecified atom stereocenters. The number of aromatic nitrogens is 2. The Hall–Kier alpha value is -1.72. The number of halogens is 1. The quantitative estimate of drug-likeness (QED) is 0.830. The van der Waals surface area contributed by atoms with Crippen LogP contribution in [0.2, 0.25) is 0 Å². The van der Waals surface area contributed by atoms with E-state index in [-0.39, 0.29) is 5.82 Å². The lowest BCUT2D eigenvalue weighted by Crippen LogP contribution is -2.46. The number of aryl methyl sites for hydroxylation is 1. The molecule has 0 aromatic carbocycles. The number of anilines is 1. The standard InChI is InChI=1S/C14H20FN3O2/c1-2-10-11(15)12(17-9-16-10)18-14(13(19)20)7-5-3-4-6-8-14/h9H,2-8H2,1H3,(H,19,20)(H,16,17,18). The molecular formula is C14H20FN3O2. The van der Waals surface area contributed by atoms with E-state index in [1.165, 1.54) is 6.33 Å². The molecule has 0 saturated heterocycles. The van der Waals surface area contributed by atoms with Crippen molar-refractivity contribution >= 4 is 11.8 Å². The number of carboxylic acids is 1. The molecule has 0 spiro atoms. The predicted molar refractivity (Wildman–Crippen MR) is 73.1 cm³/mol. The number of nitrogens with zero attached hydrogens (tertiary/aromatic N) is 2. The van der Waals surface area contributed by atoms with E-state index in [4.69, 9.17) is 0 Å². The van der Waals surface area contributed by atoms with Crippen LogP contribution in [0.4, 0.5) is 10.2 Å². The van der Waals surface area contributed by atoms with Crippen molar-refractivity contribution in [3.8, 4) is 0 Å². The minimum atomic E-state index is -1.11. The summed E-state index contributed by atoms with van der Waals surface area (Å²) in [5.74, 6) is -1.48. The lowest BCUT2D eigenvalue weighted by atomic mass is 9.90. The van der Waals surface area contributed by atoms with Gasteiger partial charge in [0.1, 0.15) is 11.9 Å². The molecule has 0 aliphatic heterocycles. The largest absolute Gasteiger partial charge is 0.480 e. The Morgan fingerprint density at radius 3 is 2.55 bits per heavy atom. The summed E-state index contributed by atoms with van der Waals surface area (Å²) < 4.78 is 14.2. The highest BCUT2D eigenvalue weighted by molar-refractivity contribution is 5.82. The number of rotatable bonds is 4. The molecule has 1 fully saturated rings. The van der Waals surface area contributed by atoms with Gasteiger partial charge in [-0.25, -0.2) is 19.2 Å². The van der Waals surface area contributed by atoms with Crippen molar-refractivity contribution in [2.24, 2.45) is 0 Å². The van der Waals surface area contributed by atoms with E-state index in [0.717, 1.165) is 25.7 Å². The van der Waals surface area contributed by atoms with E-state index in [1.54, 1.807) is 6.92 Å². The first-order valence-electron chi connectivity index (χ1n) is 7.10. The smallest absolute Gasteiger partial charge is 0.329 e. The van der Waals surface area contributed by atoms with Crippen molar-refractivity contribution in [3.05, 3.63) is 17.8 Å². The Morgan fingerprint density at radius 2 is 2.00 bits per heavy atom. The summed E-state index contributed by atoms with van der Waals surface area (Å²) in [4.78, 5) is 19.4. The lowest BCUT2D eigenvalue weighted by molar-refractivity contribution is -0.142. The highest BCUT2D eigenvalue weighted by atomic mass is 19.1. The number of carbonyl (C=O) groups is 1. The monoisotopic (exact) mass is 281 g/mol. The molecule has 1 saturated carbocycles. The first kappa shape index (κ1) is 14.7. The molecule has 1 heterocycles. The first-order valence-corrected chi connectivity index (χ1v) is 7.10. The summed E-state index contributed by atoms with van der Waals surface area (Å²) >= 11 is 0. The second-order valence-corrected chi connectivity index (χ2v) is 5.26. The third kappa shape index (κ3) is 2.89. The molecule has 1 aromatic rings. The van der Waals surface area contributed by atoms with Gasteiger partial charge in [-0.05, 0) is 19.3 Å². The van der Waals surface area contributed by atoms with Gasteiger partial charge in [-0.2, -0.15) is 0 Å². The van der Waals surface area contributed by atoms with Crippen LogP contribution in [0.1, 0.15) is 51.1 Å². The molecule has 1 aliphatic carbocycles. The second-order valence-electron chi connectivity index (χ2n) is 5.26. The number of hydrogen-bond donors (Lipinski definition) is 2. The van der Waals surface area contributed by atoms with Crippen LogP contribution in [-0.2, 0) is 11.2 Å². The molecule has 0 radical (unpaired) electrons. The highest BCUT2D eigenvalue weighted by Gasteiger charge is 2.39. The summed E-state index contributed by atoms with van der Waals surface area (Å²) in [7, 11) is 0. The van der Waals surface area contributed by atoms with E-state index in [9.17, 15) is 14.3 Å². The Bertz CT molecular complexity index is 485. The van der Waals surface area contributed by atoms with Crippen molar-refractivity contribution < 1.29 is 14.3 Å². The molecule has 2 N–H and O–H groups in total. The fraction of sp³-hybridized carbons (Fsp3) is 0.643. The minimum Gasteiger partial charge on any atom is -0.480 e. The molecule has 6 heteroatoms. The van der Waals surface area contributed by atoms with Crippen molar-refractivity contribution in [2.45, 2.75) is 57.4 Å². The summed E-state index contributed by atoms with van der Waals surface area (Å²) in [6.45, 7) is 1.80. The summed E-state index contributed by atoms with van der Waals surface area (Å²) in [6, 6.07) is 0.